The van der Waals surface area contributed by atoms with E-state index in [2.05, 4.69) is 49.0 Å². The van der Waals surface area contributed by atoms with E-state index in [1.165, 1.54) is 12.1 Å². The molecule has 6 aromatic rings. The van der Waals surface area contributed by atoms with Crippen molar-refractivity contribution in [3.8, 4) is 11.1 Å². The molecule has 5 heteroatoms. The van der Waals surface area contributed by atoms with Crippen LogP contribution >= 0.6 is 0 Å². The number of hydrogen-bond donors (Lipinski definition) is 0. The van der Waals surface area contributed by atoms with Gasteiger partial charge in [0.2, 0.25) is 0 Å². The van der Waals surface area contributed by atoms with Gasteiger partial charge in [0.25, 0.3) is 0 Å². The molecule has 0 unspecified atom stereocenters. The van der Waals surface area contributed by atoms with Gasteiger partial charge in [-0.2, -0.15) is 0 Å². The second-order valence-corrected chi connectivity index (χ2v) is 9.98. The first-order valence-electron chi connectivity index (χ1n) is 11.9. The molecule has 1 saturated heterocycles. The molecule has 0 amide bonds. The van der Waals surface area contributed by atoms with Crippen LogP contribution in [0.4, 0.5) is 8.78 Å². The van der Waals surface area contributed by atoms with Gasteiger partial charge in [0.05, 0.1) is 5.76 Å². The Labute approximate surface area is 207 Å². The SMILES string of the molecule is C=C1OB(c2ccc3c4ccc(-c5cc(F)cc(F)c5)c5cccc(c6cccc2c63)c54)OC1(C)C. The highest BCUT2D eigenvalue weighted by molar-refractivity contribution is 6.66. The molecule has 1 heterocycles. The third kappa shape index (κ3) is 2.93. The summed E-state index contributed by atoms with van der Waals surface area (Å²) in [7, 11) is -0.528. The summed E-state index contributed by atoms with van der Waals surface area (Å²) in [5, 5.41) is 8.66. The number of rotatable bonds is 2. The zero-order valence-electron chi connectivity index (χ0n) is 19.9. The largest absolute Gasteiger partial charge is 0.563 e. The lowest BCUT2D eigenvalue weighted by atomic mass is 9.74. The molecule has 2 nitrogen and oxygen atoms in total. The average molecular weight is 474 g/mol. The number of halogens is 2. The second-order valence-electron chi connectivity index (χ2n) is 9.98. The van der Waals surface area contributed by atoms with Crippen molar-refractivity contribution in [3.05, 3.63) is 103 Å². The lowest BCUT2D eigenvalue weighted by Gasteiger charge is -2.19. The van der Waals surface area contributed by atoms with Crippen LogP contribution in [-0.4, -0.2) is 12.7 Å². The summed E-state index contributed by atoms with van der Waals surface area (Å²) in [6, 6.07) is 24.3. The zero-order valence-corrected chi connectivity index (χ0v) is 19.9. The first kappa shape index (κ1) is 21.3. The summed E-state index contributed by atoms with van der Waals surface area (Å²) in [4.78, 5) is 0. The van der Waals surface area contributed by atoms with Gasteiger partial charge in [-0.25, -0.2) is 8.78 Å². The molecule has 0 atom stereocenters. The molecule has 0 aromatic heterocycles. The van der Waals surface area contributed by atoms with E-state index in [9.17, 15) is 8.78 Å². The Balaban J connectivity index is 1.55. The minimum atomic E-state index is -0.588. The minimum Gasteiger partial charge on any atom is -0.534 e. The van der Waals surface area contributed by atoms with Gasteiger partial charge in [0, 0.05) is 11.5 Å². The van der Waals surface area contributed by atoms with E-state index in [-0.39, 0.29) is 0 Å². The highest BCUT2D eigenvalue weighted by atomic mass is 19.1. The fraction of sp³-hybridized carbons (Fsp3) is 0.0968. The van der Waals surface area contributed by atoms with Crippen LogP contribution in [0.25, 0.3) is 54.2 Å². The van der Waals surface area contributed by atoms with E-state index >= 15 is 0 Å². The van der Waals surface area contributed by atoms with Crippen molar-refractivity contribution >= 4 is 55.7 Å². The molecule has 0 spiro atoms. The monoisotopic (exact) mass is 474 g/mol. The lowest BCUT2D eigenvalue weighted by molar-refractivity contribution is 0.173. The third-order valence-electron chi connectivity index (χ3n) is 7.45. The molecule has 0 saturated carbocycles. The third-order valence-corrected chi connectivity index (χ3v) is 7.45. The van der Waals surface area contributed by atoms with Crippen LogP contribution in [0.5, 0.6) is 0 Å². The van der Waals surface area contributed by atoms with Gasteiger partial charge in [-0.15, -0.1) is 0 Å². The number of hydrogen-bond acceptors (Lipinski definition) is 2. The van der Waals surface area contributed by atoms with Crippen molar-refractivity contribution in [1.82, 2.24) is 0 Å². The summed E-state index contributed by atoms with van der Waals surface area (Å²) in [5.41, 5.74) is 1.73. The zero-order chi connectivity index (χ0) is 24.8. The van der Waals surface area contributed by atoms with Crippen LogP contribution in [0.2, 0.25) is 0 Å². The number of fused-ring (bicyclic) bond motifs is 2. The van der Waals surface area contributed by atoms with Gasteiger partial charge in [0.1, 0.15) is 17.2 Å². The molecule has 0 N–H and O–H groups in total. The Morgan fingerprint density at radius 2 is 1.25 bits per heavy atom. The fourth-order valence-corrected chi connectivity index (χ4v) is 5.66. The van der Waals surface area contributed by atoms with Crippen molar-refractivity contribution in [3.63, 3.8) is 0 Å². The molecule has 174 valence electrons. The standard InChI is InChI=1S/C31H21BF2O2/c1-17-31(2,3)36-32(35-17)28-13-12-26-25-11-10-21(18-14-19(33)16-20(34)15-18)22-6-4-7-23(29(22)25)24-8-5-9-27(28)30(24)26/h4-16H,1H2,2-3H3. The van der Waals surface area contributed by atoms with Gasteiger partial charge >= 0.3 is 7.12 Å². The van der Waals surface area contributed by atoms with E-state index in [1.54, 1.807) is 0 Å². The highest BCUT2D eigenvalue weighted by Crippen LogP contribution is 2.43. The van der Waals surface area contributed by atoms with Gasteiger partial charge in [-0.05, 0) is 80.2 Å². The van der Waals surface area contributed by atoms with Crippen molar-refractivity contribution in [2.75, 3.05) is 0 Å². The summed E-state index contributed by atoms with van der Waals surface area (Å²) in [5.74, 6) is -0.560. The Morgan fingerprint density at radius 3 is 1.89 bits per heavy atom. The first-order chi connectivity index (χ1) is 17.3. The van der Waals surface area contributed by atoms with E-state index in [4.69, 9.17) is 9.31 Å². The van der Waals surface area contributed by atoms with Crippen molar-refractivity contribution < 1.29 is 18.1 Å². The quantitative estimate of drug-likeness (QED) is 0.145. The lowest BCUT2D eigenvalue weighted by Crippen LogP contribution is -2.35. The second kappa shape index (κ2) is 7.28. The van der Waals surface area contributed by atoms with Crippen LogP contribution in [0.3, 0.4) is 0 Å². The maximum Gasteiger partial charge on any atom is 0.563 e. The maximum absolute atomic E-state index is 14.1. The van der Waals surface area contributed by atoms with E-state index in [0.717, 1.165) is 60.2 Å². The van der Waals surface area contributed by atoms with Gasteiger partial charge < -0.3 is 9.31 Å². The summed E-state index contributed by atoms with van der Waals surface area (Å²) in [6.45, 7) is 7.95. The van der Waals surface area contributed by atoms with Crippen LogP contribution in [0, 0.1) is 11.6 Å². The average Bonchev–Trinajstić information content (AvgIpc) is 3.13. The van der Waals surface area contributed by atoms with E-state index in [1.807, 2.05) is 32.0 Å². The molecule has 0 radical (unpaired) electrons. The molecular weight excluding hydrogens is 453 g/mol. The molecule has 1 aliphatic rings. The predicted octanol–water partition coefficient (Wildman–Crippen LogP) is 7.72. The highest BCUT2D eigenvalue weighted by Gasteiger charge is 2.43. The van der Waals surface area contributed by atoms with E-state index in [0.29, 0.717) is 11.3 Å². The number of benzene rings is 6. The smallest absolute Gasteiger partial charge is 0.534 e. The normalized spacial score (nSPS) is 15.6. The van der Waals surface area contributed by atoms with Crippen molar-refractivity contribution in [2.45, 2.75) is 19.4 Å². The maximum atomic E-state index is 14.1. The topological polar surface area (TPSA) is 18.5 Å². The van der Waals surface area contributed by atoms with Crippen molar-refractivity contribution in [1.29, 1.82) is 0 Å². The first-order valence-corrected chi connectivity index (χ1v) is 11.9. The van der Waals surface area contributed by atoms with Crippen LogP contribution < -0.4 is 5.46 Å². The van der Waals surface area contributed by atoms with Gasteiger partial charge in [-0.3, -0.25) is 0 Å². The Morgan fingerprint density at radius 1 is 0.694 bits per heavy atom. The van der Waals surface area contributed by atoms with Crippen LogP contribution in [-0.2, 0) is 9.31 Å². The van der Waals surface area contributed by atoms with E-state index < -0.39 is 24.4 Å². The summed E-state index contributed by atoms with van der Waals surface area (Å²) in [6.07, 6.45) is 0. The van der Waals surface area contributed by atoms with Crippen molar-refractivity contribution in [2.24, 2.45) is 0 Å². The fourth-order valence-electron chi connectivity index (χ4n) is 5.66. The van der Waals surface area contributed by atoms with Crippen LogP contribution in [0.1, 0.15) is 13.8 Å². The minimum absolute atomic E-state index is 0.522. The van der Waals surface area contributed by atoms with Gasteiger partial charge in [0.15, 0.2) is 0 Å². The Hall–Kier alpha value is -3.96. The molecule has 0 bridgehead atoms. The Kier molecular flexibility index (Phi) is 4.31. The summed E-state index contributed by atoms with van der Waals surface area (Å²) < 4.78 is 40.4. The van der Waals surface area contributed by atoms with Crippen LogP contribution in [0.15, 0.2) is 91.2 Å². The molecule has 1 fully saturated rings. The van der Waals surface area contributed by atoms with Gasteiger partial charge in [-0.1, -0.05) is 67.2 Å². The molecule has 36 heavy (non-hydrogen) atoms. The predicted molar refractivity (Wildman–Crippen MR) is 144 cm³/mol. The molecule has 7 rings (SSSR count). The molecule has 1 aliphatic heterocycles. The Bertz CT molecular complexity index is 1830. The molecule has 6 aromatic carbocycles. The molecule has 0 aliphatic carbocycles. The molecular formula is C31H21BF2O2. The summed E-state index contributed by atoms with van der Waals surface area (Å²) >= 11 is 0.